The summed E-state index contributed by atoms with van der Waals surface area (Å²) in [6, 6.07) is 7.47. The highest BCUT2D eigenvalue weighted by Gasteiger charge is 2.13. The standard InChI is InChI=1S/C12H18N2O2S/c1-9-3-5-11(6-4-9)14-12(15)8-17(16)10(2)7-13/h3-6,10H,7-8,13H2,1-2H3,(H,14,15). The van der Waals surface area contributed by atoms with Gasteiger partial charge in [0.1, 0.15) is 5.75 Å². The smallest absolute Gasteiger partial charge is 0.237 e. The molecule has 0 aliphatic heterocycles. The van der Waals surface area contributed by atoms with Gasteiger partial charge in [0.25, 0.3) is 0 Å². The summed E-state index contributed by atoms with van der Waals surface area (Å²) >= 11 is 0. The van der Waals surface area contributed by atoms with Gasteiger partial charge in [-0.2, -0.15) is 0 Å². The van der Waals surface area contributed by atoms with E-state index in [0.29, 0.717) is 6.54 Å². The quantitative estimate of drug-likeness (QED) is 0.824. The van der Waals surface area contributed by atoms with Crippen molar-refractivity contribution in [3.05, 3.63) is 29.8 Å². The van der Waals surface area contributed by atoms with Gasteiger partial charge >= 0.3 is 0 Å². The molecule has 0 fully saturated rings. The molecule has 1 amide bonds. The van der Waals surface area contributed by atoms with E-state index in [1.165, 1.54) is 0 Å². The zero-order chi connectivity index (χ0) is 12.8. The van der Waals surface area contributed by atoms with E-state index in [1.54, 1.807) is 6.92 Å². The van der Waals surface area contributed by atoms with Gasteiger partial charge in [-0.05, 0) is 26.0 Å². The molecule has 94 valence electrons. The van der Waals surface area contributed by atoms with Crippen LogP contribution in [0.2, 0.25) is 0 Å². The first-order valence-corrected chi connectivity index (χ1v) is 6.85. The molecule has 17 heavy (non-hydrogen) atoms. The van der Waals surface area contributed by atoms with Crippen LogP contribution in [-0.4, -0.2) is 27.7 Å². The number of hydrogen-bond acceptors (Lipinski definition) is 3. The minimum Gasteiger partial charge on any atom is -0.329 e. The number of carbonyl (C=O) groups excluding carboxylic acids is 1. The van der Waals surface area contributed by atoms with Gasteiger partial charge in [0.2, 0.25) is 5.91 Å². The molecule has 0 aliphatic carbocycles. The highest BCUT2D eigenvalue weighted by atomic mass is 32.2. The Hall–Kier alpha value is -1.20. The second-order valence-corrected chi connectivity index (χ2v) is 5.84. The van der Waals surface area contributed by atoms with Crippen molar-refractivity contribution in [3.8, 4) is 0 Å². The van der Waals surface area contributed by atoms with Crippen molar-refractivity contribution in [2.24, 2.45) is 5.73 Å². The van der Waals surface area contributed by atoms with Gasteiger partial charge < -0.3 is 11.1 Å². The maximum Gasteiger partial charge on any atom is 0.237 e. The molecule has 0 spiro atoms. The number of rotatable bonds is 5. The Bertz CT molecular complexity index is 403. The molecular formula is C12H18N2O2S. The molecule has 5 heteroatoms. The van der Waals surface area contributed by atoms with Gasteiger partial charge in [-0.15, -0.1) is 0 Å². The molecule has 4 nitrogen and oxygen atoms in total. The van der Waals surface area contributed by atoms with Crippen LogP contribution in [0.25, 0.3) is 0 Å². The molecule has 0 saturated heterocycles. The molecule has 0 saturated carbocycles. The molecule has 3 N–H and O–H groups in total. The maximum atomic E-state index is 11.6. The summed E-state index contributed by atoms with van der Waals surface area (Å²) in [5, 5.41) is 2.55. The lowest BCUT2D eigenvalue weighted by atomic mass is 10.2. The minimum absolute atomic E-state index is 0.00770. The zero-order valence-corrected chi connectivity index (χ0v) is 10.9. The van der Waals surface area contributed by atoms with Gasteiger partial charge in [0.15, 0.2) is 0 Å². The molecule has 0 bridgehead atoms. The summed E-state index contributed by atoms with van der Waals surface area (Å²) in [5.74, 6) is -0.251. The average molecular weight is 254 g/mol. The third-order valence-corrected chi connectivity index (χ3v) is 4.03. The number of hydrogen-bond donors (Lipinski definition) is 2. The number of nitrogens with one attached hydrogen (secondary N) is 1. The van der Waals surface area contributed by atoms with Crippen LogP contribution in [0.15, 0.2) is 24.3 Å². The Labute approximate surface area is 104 Å². The van der Waals surface area contributed by atoms with Crippen LogP contribution in [0.4, 0.5) is 5.69 Å². The highest BCUT2D eigenvalue weighted by Crippen LogP contribution is 2.08. The van der Waals surface area contributed by atoms with Gasteiger partial charge in [0, 0.05) is 28.3 Å². The second kappa shape index (κ2) is 6.51. The molecule has 2 atom stereocenters. The van der Waals surface area contributed by atoms with Crippen molar-refractivity contribution in [2.75, 3.05) is 17.6 Å². The van der Waals surface area contributed by atoms with Crippen LogP contribution >= 0.6 is 0 Å². The molecule has 2 unspecified atom stereocenters. The van der Waals surface area contributed by atoms with Crippen LogP contribution < -0.4 is 11.1 Å². The molecule has 1 aromatic carbocycles. The van der Waals surface area contributed by atoms with Crippen LogP contribution in [-0.2, 0) is 15.6 Å². The summed E-state index contributed by atoms with van der Waals surface area (Å²) < 4.78 is 11.6. The van der Waals surface area contributed by atoms with Crippen molar-refractivity contribution < 1.29 is 9.00 Å². The molecule has 0 radical (unpaired) electrons. The van der Waals surface area contributed by atoms with Crippen molar-refractivity contribution in [3.63, 3.8) is 0 Å². The van der Waals surface area contributed by atoms with E-state index in [-0.39, 0.29) is 16.9 Å². The van der Waals surface area contributed by atoms with E-state index in [2.05, 4.69) is 5.32 Å². The summed E-state index contributed by atoms with van der Waals surface area (Å²) in [5.41, 5.74) is 7.24. The van der Waals surface area contributed by atoms with E-state index in [0.717, 1.165) is 11.3 Å². The van der Waals surface area contributed by atoms with E-state index in [9.17, 15) is 9.00 Å². The van der Waals surface area contributed by atoms with E-state index in [4.69, 9.17) is 5.73 Å². The summed E-state index contributed by atoms with van der Waals surface area (Å²) in [7, 11) is -1.21. The summed E-state index contributed by atoms with van der Waals surface area (Å²) in [6.07, 6.45) is 0. The Balaban J connectivity index is 2.50. The molecular weight excluding hydrogens is 236 g/mol. The minimum atomic E-state index is -1.21. The number of carbonyl (C=O) groups is 1. The molecule has 0 aromatic heterocycles. The van der Waals surface area contributed by atoms with Gasteiger partial charge in [0.05, 0.1) is 0 Å². The first kappa shape index (κ1) is 13.9. The lowest BCUT2D eigenvalue weighted by Gasteiger charge is -2.09. The van der Waals surface area contributed by atoms with E-state index >= 15 is 0 Å². The fourth-order valence-electron chi connectivity index (χ4n) is 1.21. The number of benzene rings is 1. The zero-order valence-electron chi connectivity index (χ0n) is 10.1. The maximum absolute atomic E-state index is 11.6. The van der Waals surface area contributed by atoms with E-state index < -0.39 is 10.8 Å². The predicted octanol–water partition coefficient (Wildman–Crippen LogP) is 1.03. The molecule has 0 aliphatic rings. The van der Waals surface area contributed by atoms with Crippen LogP contribution in [0.5, 0.6) is 0 Å². The molecule has 1 aromatic rings. The Morgan fingerprint density at radius 2 is 2.00 bits per heavy atom. The molecule has 0 heterocycles. The topological polar surface area (TPSA) is 72.2 Å². The van der Waals surface area contributed by atoms with Crippen LogP contribution in [0, 0.1) is 6.92 Å². The number of nitrogens with two attached hydrogens (primary N) is 1. The Kier molecular flexibility index (Phi) is 5.31. The fourth-order valence-corrected chi connectivity index (χ4v) is 2.04. The number of amides is 1. The normalized spacial score (nSPS) is 14.1. The summed E-state index contributed by atoms with van der Waals surface area (Å²) in [6.45, 7) is 4.07. The van der Waals surface area contributed by atoms with E-state index in [1.807, 2.05) is 31.2 Å². The number of aryl methyl sites for hydroxylation is 1. The largest absolute Gasteiger partial charge is 0.329 e. The third kappa shape index (κ3) is 4.66. The first-order chi connectivity index (χ1) is 8.02. The van der Waals surface area contributed by atoms with Crippen LogP contribution in [0.3, 0.4) is 0 Å². The third-order valence-electron chi connectivity index (χ3n) is 2.39. The highest BCUT2D eigenvalue weighted by molar-refractivity contribution is 7.86. The van der Waals surface area contributed by atoms with Gasteiger partial charge in [-0.3, -0.25) is 9.00 Å². The second-order valence-electron chi connectivity index (χ2n) is 3.99. The van der Waals surface area contributed by atoms with Crippen molar-refractivity contribution in [2.45, 2.75) is 19.1 Å². The summed E-state index contributed by atoms with van der Waals surface area (Å²) in [4.78, 5) is 11.6. The number of anilines is 1. The van der Waals surface area contributed by atoms with Crippen molar-refractivity contribution in [1.82, 2.24) is 0 Å². The monoisotopic (exact) mass is 254 g/mol. The van der Waals surface area contributed by atoms with Gasteiger partial charge in [-0.1, -0.05) is 17.7 Å². The Morgan fingerprint density at radius 1 is 1.41 bits per heavy atom. The SMILES string of the molecule is Cc1ccc(NC(=O)CS(=O)C(C)CN)cc1. The van der Waals surface area contributed by atoms with Crippen LogP contribution in [0.1, 0.15) is 12.5 Å². The first-order valence-electron chi connectivity index (χ1n) is 5.46. The average Bonchev–Trinajstić information content (AvgIpc) is 2.30. The lowest BCUT2D eigenvalue weighted by molar-refractivity contribution is -0.113. The Morgan fingerprint density at radius 3 is 2.53 bits per heavy atom. The van der Waals surface area contributed by atoms with Crippen molar-refractivity contribution in [1.29, 1.82) is 0 Å². The lowest BCUT2D eigenvalue weighted by Crippen LogP contribution is -2.29. The molecule has 1 rings (SSSR count). The fraction of sp³-hybridized carbons (Fsp3) is 0.417. The van der Waals surface area contributed by atoms with Gasteiger partial charge in [-0.25, -0.2) is 0 Å². The van der Waals surface area contributed by atoms with Crippen molar-refractivity contribution >= 4 is 22.4 Å². The predicted molar refractivity (Wildman–Crippen MR) is 71.3 cm³/mol.